The van der Waals surface area contributed by atoms with Gasteiger partial charge in [-0.1, -0.05) is 152 Å². The van der Waals surface area contributed by atoms with Crippen molar-refractivity contribution in [2.45, 2.75) is 0 Å². The Bertz CT molecular complexity index is 3140. The van der Waals surface area contributed by atoms with E-state index in [0.717, 1.165) is 55.3 Å². The third-order valence-corrected chi connectivity index (χ3v) is 10.4. The minimum Gasteiger partial charge on any atom is -0.456 e. The summed E-state index contributed by atoms with van der Waals surface area (Å²) in [7, 11) is 0. The summed E-state index contributed by atoms with van der Waals surface area (Å²) in [5.74, 6) is 1.81. The second-order valence-electron chi connectivity index (χ2n) is 13.6. The van der Waals surface area contributed by atoms with Crippen molar-refractivity contribution in [1.82, 2.24) is 19.5 Å². The maximum atomic E-state index is 6.69. The Kier molecular flexibility index (Phi) is 6.79. The standard InChI is InChI=1S/C49H30N4O/c1-4-16-31(17-5-1)44-36-23-11-10-22-34(36)28-41-46(44)37-24-12-14-26-40(37)53(41)35-29-39(45-38-25-13-15-27-42(38)54-43(45)30-35)49-51-47(32-18-6-2-7-19-32)50-48(52-49)33-20-8-3-9-21-33/h1-30H. The normalized spacial score (nSPS) is 11.7. The van der Waals surface area contributed by atoms with Crippen molar-refractivity contribution in [1.29, 1.82) is 0 Å². The Morgan fingerprint density at radius 1 is 0.389 bits per heavy atom. The molecule has 252 valence electrons. The molecule has 3 aromatic heterocycles. The van der Waals surface area contributed by atoms with Gasteiger partial charge >= 0.3 is 0 Å². The zero-order chi connectivity index (χ0) is 35.6. The molecule has 0 aliphatic carbocycles. The van der Waals surface area contributed by atoms with Crippen LogP contribution in [-0.4, -0.2) is 19.5 Å². The second kappa shape index (κ2) is 12.1. The predicted molar refractivity (Wildman–Crippen MR) is 221 cm³/mol. The smallest absolute Gasteiger partial charge is 0.164 e. The summed E-state index contributed by atoms with van der Waals surface area (Å²) >= 11 is 0. The van der Waals surface area contributed by atoms with E-state index in [1.54, 1.807) is 0 Å². The highest BCUT2D eigenvalue weighted by Crippen LogP contribution is 2.45. The molecule has 0 aliphatic heterocycles. The van der Waals surface area contributed by atoms with Crippen molar-refractivity contribution in [3.63, 3.8) is 0 Å². The third-order valence-electron chi connectivity index (χ3n) is 10.4. The number of para-hydroxylation sites is 2. The summed E-state index contributed by atoms with van der Waals surface area (Å²) < 4.78 is 9.06. The lowest BCUT2D eigenvalue weighted by Crippen LogP contribution is -2.01. The summed E-state index contributed by atoms with van der Waals surface area (Å²) in [5.41, 5.74) is 9.87. The van der Waals surface area contributed by atoms with Crippen LogP contribution in [0.4, 0.5) is 0 Å². The summed E-state index contributed by atoms with van der Waals surface area (Å²) in [6, 6.07) is 63.3. The van der Waals surface area contributed by atoms with Gasteiger partial charge in [-0.05, 0) is 46.2 Å². The maximum absolute atomic E-state index is 6.69. The van der Waals surface area contributed by atoms with Crippen molar-refractivity contribution in [3.8, 4) is 51.0 Å². The Labute approximate surface area is 310 Å². The van der Waals surface area contributed by atoms with Crippen LogP contribution in [0.15, 0.2) is 186 Å². The molecule has 0 saturated heterocycles. The van der Waals surface area contributed by atoms with Crippen LogP contribution in [0.2, 0.25) is 0 Å². The van der Waals surface area contributed by atoms with E-state index < -0.39 is 0 Å². The molecule has 11 rings (SSSR count). The lowest BCUT2D eigenvalue weighted by atomic mass is 9.93. The van der Waals surface area contributed by atoms with Crippen LogP contribution in [0.5, 0.6) is 0 Å². The predicted octanol–water partition coefficient (Wildman–Crippen LogP) is 12.7. The van der Waals surface area contributed by atoms with Gasteiger partial charge in [0.15, 0.2) is 17.5 Å². The quantitative estimate of drug-likeness (QED) is 0.180. The van der Waals surface area contributed by atoms with Crippen LogP contribution in [0.25, 0.3) is 105 Å². The van der Waals surface area contributed by atoms with Gasteiger partial charge in [0.1, 0.15) is 11.2 Å². The van der Waals surface area contributed by atoms with Crippen LogP contribution >= 0.6 is 0 Å². The van der Waals surface area contributed by atoms with E-state index in [1.807, 2.05) is 72.8 Å². The van der Waals surface area contributed by atoms with E-state index in [9.17, 15) is 0 Å². The molecule has 0 spiro atoms. The van der Waals surface area contributed by atoms with Crippen LogP contribution in [0.3, 0.4) is 0 Å². The SMILES string of the molecule is c1ccc(-c2nc(-c3ccccc3)nc(-c3cc(-n4c5ccccc5c5c(-c6ccccc6)c6ccccc6cc54)cc4oc5ccccc5c34)n2)cc1. The van der Waals surface area contributed by atoms with Crippen LogP contribution in [-0.2, 0) is 0 Å². The summed E-state index contributed by atoms with van der Waals surface area (Å²) in [5, 5.41) is 6.77. The van der Waals surface area contributed by atoms with Gasteiger partial charge in [-0.15, -0.1) is 0 Å². The van der Waals surface area contributed by atoms with Crippen LogP contribution in [0, 0.1) is 0 Å². The molecule has 0 unspecified atom stereocenters. The molecule has 0 fully saturated rings. The highest BCUT2D eigenvalue weighted by molar-refractivity contribution is 6.23. The fourth-order valence-corrected chi connectivity index (χ4v) is 8.05. The van der Waals surface area contributed by atoms with Crippen molar-refractivity contribution in [2.24, 2.45) is 0 Å². The largest absolute Gasteiger partial charge is 0.456 e. The van der Waals surface area contributed by atoms with Gasteiger partial charge in [0.25, 0.3) is 0 Å². The van der Waals surface area contributed by atoms with E-state index in [4.69, 9.17) is 19.4 Å². The van der Waals surface area contributed by atoms with Gasteiger partial charge in [-0.3, -0.25) is 0 Å². The van der Waals surface area contributed by atoms with Crippen LogP contribution < -0.4 is 0 Å². The lowest BCUT2D eigenvalue weighted by molar-refractivity contribution is 0.668. The number of rotatable bonds is 5. The molecule has 5 heteroatoms. The average molecular weight is 691 g/mol. The molecule has 0 saturated carbocycles. The van der Waals surface area contributed by atoms with E-state index in [2.05, 4.69) is 114 Å². The van der Waals surface area contributed by atoms with Gasteiger partial charge in [0, 0.05) is 44.3 Å². The van der Waals surface area contributed by atoms with Gasteiger partial charge in [-0.25, -0.2) is 15.0 Å². The van der Waals surface area contributed by atoms with E-state index in [1.165, 1.54) is 32.7 Å². The molecule has 0 amide bonds. The van der Waals surface area contributed by atoms with Gasteiger partial charge < -0.3 is 8.98 Å². The highest BCUT2D eigenvalue weighted by atomic mass is 16.3. The summed E-state index contributed by atoms with van der Waals surface area (Å²) in [6.07, 6.45) is 0. The lowest BCUT2D eigenvalue weighted by Gasteiger charge is -2.14. The number of furan rings is 1. The van der Waals surface area contributed by atoms with E-state index in [0.29, 0.717) is 17.5 Å². The zero-order valence-electron chi connectivity index (χ0n) is 29.0. The number of hydrogen-bond donors (Lipinski definition) is 0. The monoisotopic (exact) mass is 690 g/mol. The molecule has 3 heterocycles. The molecule has 0 radical (unpaired) electrons. The number of benzene rings is 8. The number of hydrogen-bond acceptors (Lipinski definition) is 4. The molecule has 0 bridgehead atoms. The Morgan fingerprint density at radius 2 is 0.944 bits per heavy atom. The fourth-order valence-electron chi connectivity index (χ4n) is 8.05. The number of nitrogens with zero attached hydrogens (tertiary/aromatic N) is 4. The Balaban J connectivity index is 1.27. The van der Waals surface area contributed by atoms with Gasteiger partial charge in [0.2, 0.25) is 0 Å². The first-order chi connectivity index (χ1) is 26.8. The Hall–Kier alpha value is -7.37. The topological polar surface area (TPSA) is 56.7 Å². The van der Waals surface area contributed by atoms with Crippen molar-refractivity contribution >= 4 is 54.5 Å². The molecule has 5 nitrogen and oxygen atoms in total. The molecule has 0 aliphatic rings. The molecule has 0 atom stereocenters. The van der Waals surface area contributed by atoms with Crippen molar-refractivity contribution in [2.75, 3.05) is 0 Å². The first kappa shape index (κ1) is 30.3. The molecule has 54 heavy (non-hydrogen) atoms. The zero-order valence-corrected chi connectivity index (χ0v) is 29.0. The first-order valence-electron chi connectivity index (χ1n) is 18.1. The molecule has 0 N–H and O–H groups in total. The van der Waals surface area contributed by atoms with E-state index in [-0.39, 0.29) is 0 Å². The first-order valence-corrected chi connectivity index (χ1v) is 18.1. The minimum atomic E-state index is 0.581. The Morgan fingerprint density at radius 3 is 1.65 bits per heavy atom. The third kappa shape index (κ3) is 4.76. The molecule has 11 aromatic rings. The maximum Gasteiger partial charge on any atom is 0.164 e. The fraction of sp³-hybridized carbons (Fsp3) is 0. The molecule has 8 aromatic carbocycles. The summed E-state index contributed by atoms with van der Waals surface area (Å²) in [4.78, 5) is 15.4. The number of aromatic nitrogens is 4. The van der Waals surface area contributed by atoms with Crippen molar-refractivity contribution < 1.29 is 4.42 Å². The second-order valence-corrected chi connectivity index (χ2v) is 13.6. The van der Waals surface area contributed by atoms with Gasteiger partial charge in [0.05, 0.1) is 16.7 Å². The molecular weight excluding hydrogens is 661 g/mol. The number of fused-ring (bicyclic) bond motifs is 7. The molecular formula is C49H30N4O. The van der Waals surface area contributed by atoms with Crippen LogP contribution in [0.1, 0.15) is 0 Å². The highest BCUT2D eigenvalue weighted by Gasteiger charge is 2.23. The van der Waals surface area contributed by atoms with Crippen molar-refractivity contribution in [3.05, 3.63) is 182 Å². The average Bonchev–Trinajstić information content (AvgIpc) is 3.79. The summed E-state index contributed by atoms with van der Waals surface area (Å²) in [6.45, 7) is 0. The van der Waals surface area contributed by atoms with E-state index >= 15 is 0 Å². The van der Waals surface area contributed by atoms with Gasteiger partial charge in [-0.2, -0.15) is 0 Å². The minimum absolute atomic E-state index is 0.581.